The van der Waals surface area contributed by atoms with Crippen LogP contribution in [0.15, 0.2) is 58.3 Å². The summed E-state index contributed by atoms with van der Waals surface area (Å²) in [4.78, 5) is 0.0675. The van der Waals surface area contributed by atoms with Gasteiger partial charge in [-0.3, -0.25) is 8.37 Å². The highest BCUT2D eigenvalue weighted by atomic mass is 32.2. The maximum absolute atomic E-state index is 12.3. The molecule has 0 aliphatic heterocycles. The van der Waals surface area contributed by atoms with Crippen molar-refractivity contribution in [2.45, 2.75) is 36.9 Å². The van der Waals surface area contributed by atoms with Gasteiger partial charge in [0.25, 0.3) is 20.2 Å². The molecule has 0 fully saturated rings. The number of ether oxygens (including phenoxy) is 2. The zero-order valence-corrected chi connectivity index (χ0v) is 18.7. The molecule has 10 heteroatoms. The maximum Gasteiger partial charge on any atom is 0.297 e. The van der Waals surface area contributed by atoms with Crippen molar-refractivity contribution in [1.82, 2.24) is 0 Å². The number of benzene rings is 2. The predicted molar refractivity (Wildman–Crippen MR) is 110 cm³/mol. The fourth-order valence-corrected chi connectivity index (χ4v) is 4.13. The first kappa shape index (κ1) is 24.4. The van der Waals surface area contributed by atoms with E-state index in [1.807, 2.05) is 13.8 Å². The summed E-state index contributed by atoms with van der Waals surface area (Å²) >= 11 is 0. The molecule has 166 valence electrons. The van der Waals surface area contributed by atoms with Crippen LogP contribution in [0.5, 0.6) is 0 Å². The monoisotopic (exact) mass is 458 g/mol. The van der Waals surface area contributed by atoms with Crippen LogP contribution in [0.1, 0.15) is 18.1 Å². The van der Waals surface area contributed by atoms with Crippen LogP contribution in [0, 0.1) is 13.8 Å². The average molecular weight is 459 g/mol. The molecule has 1 atom stereocenters. The lowest BCUT2D eigenvalue weighted by Crippen LogP contribution is -2.27. The molecule has 0 aliphatic carbocycles. The molecule has 0 spiro atoms. The summed E-state index contributed by atoms with van der Waals surface area (Å²) < 4.78 is 69.4. The lowest BCUT2D eigenvalue weighted by atomic mass is 10.2. The van der Waals surface area contributed by atoms with Gasteiger partial charge in [-0.15, -0.1) is 0 Å². The standard InChI is InChI=1S/C20H26O8S2/c1-4-25-20(15-28-30(23,24)19-11-7-17(3)8-12-19)26-13-14-27-29(21,22)18-9-5-16(2)6-10-18/h5-12,20H,4,13-15H2,1-3H3. The first-order chi connectivity index (χ1) is 14.1. The number of hydrogen-bond donors (Lipinski definition) is 0. The van der Waals surface area contributed by atoms with Crippen molar-refractivity contribution in [3.05, 3.63) is 59.7 Å². The molecule has 2 aromatic carbocycles. The van der Waals surface area contributed by atoms with Crippen molar-refractivity contribution in [1.29, 1.82) is 0 Å². The van der Waals surface area contributed by atoms with Crippen molar-refractivity contribution >= 4 is 20.2 Å². The summed E-state index contributed by atoms with van der Waals surface area (Å²) in [6.07, 6.45) is -0.999. The van der Waals surface area contributed by atoms with E-state index in [0.717, 1.165) is 11.1 Å². The minimum absolute atomic E-state index is 0.0240. The minimum Gasteiger partial charge on any atom is -0.350 e. The Morgan fingerprint density at radius 1 is 0.700 bits per heavy atom. The van der Waals surface area contributed by atoms with Crippen LogP contribution in [0.3, 0.4) is 0 Å². The van der Waals surface area contributed by atoms with E-state index in [4.69, 9.17) is 17.8 Å². The summed E-state index contributed by atoms with van der Waals surface area (Å²) in [7, 11) is -7.88. The highest BCUT2D eigenvalue weighted by Gasteiger charge is 2.20. The Bertz CT molecular complexity index is 998. The molecule has 2 rings (SSSR count). The largest absolute Gasteiger partial charge is 0.350 e. The number of rotatable bonds is 12. The topological polar surface area (TPSA) is 105 Å². The zero-order chi connectivity index (χ0) is 22.2. The Hall–Kier alpha value is -1.82. The Morgan fingerprint density at radius 2 is 1.17 bits per heavy atom. The van der Waals surface area contributed by atoms with Gasteiger partial charge in [0.05, 0.1) is 23.0 Å². The van der Waals surface area contributed by atoms with Gasteiger partial charge in [-0.2, -0.15) is 16.8 Å². The van der Waals surface area contributed by atoms with Crippen molar-refractivity contribution in [3.63, 3.8) is 0 Å². The van der Waals surface area contributed by atoms with E-state index in [9.17, 15) is 16.8 Å². The van der Waals surface area contributed by atoms with E-state index in [2.05, 4.69) is 0 Å². The highest BCUT2D eigenvalue weighted by molar-refractivity contribution is 7.87. The first-order valence-electron chi connectivity index (χ1n) is 9.29. The van der Waals surface area contributed by atoms with Gasteiger partial charge in [-0.25, -0.2) is 0 Å². The van der Waals surface area contributed by atoms with Crippen LogP contribution in [-0.2, 0) is 38.1 Å². The van der Waals surface area contributed by atoms with E-state index in [1.54, 1.807) is 31.2 Å². The molecular formula is C20H26O8S2. The summed E-state index contributed by atoms with van der Waals surface area (Å²) in [5.74, 6) is 0. The number of hydrogen-bond acceptors (Lipinski definition) is 8. The molecule has 0 N–H and O–H groups in total. The lowest BCUT2D eigenvalue weighted by molar-refractivity contribution is -0.158. The molecule has 0 radical (unpaired) electrons. The van der Waals surface area contributed by atoms with E-state index in [0.29, 0.717) is 0 Å². The summed E-state index contributed by atoms with van der Waals surface area (Å²) in [5, 5.41) is 0. The van der Waals surface area contributed by atoms with Crippen molar-refractivity contribution < 1.29 is 34.7 Å². The van der Waals surface area contributed by atoms with E-state index in [-0.39, 0.29) is 36.2 Å². The van der Waals surface area contributed by atoms with Crippen LogP contribution < -0.4 is 0 Å². The average Bonchev–Trinajstić information content (AvgIpc) is 2.70. The molecule has 0 saturated carbocycles. The van der Waals surface area contributed by atoms with Crippen molar-refractivity contribution in [2.24, 2.45) is 0 Å². The van der Waals surface area contributed by atoms with Crippen LogP contribution in [0.4, 0.5) is 0 Å². The third kappa shape index (κ3) is 7.46. The first-order valence-corrected chi connectivity index (χ1v) is 12.1. The Balaban J connectivity index is 1.85. The van der Waals surface area contributed by atoms with Gasteiger partial charge in [-0.05, 0) is 45.0 Å². The van der Waals surface area contributed by atoms with Crippen molar-refractivity contribution in [2.75, 3.05) is 26.4 Å². The molecule has 2 aromatic rings. The highest BCUT2D eigenvalue weighted by Crippen LogP contribution is 2.15. The predicted octanol–water partition coefficient (Wildman–Crippen LogP) is 2.79. The maximum atomic E-state index is 12.3. The van der Waals surface area contributed by atoms with Crippen LogP contribution >= 0.6 is 0 Å². The summed E-state index contributed by atoms with van der Waals surface area (Å²) in [6, 6.07) is 12.5. The van der Waals surface area contributed by atoms with Gasteiger partial charge in [0.15, 0.2) is 6.29 Å². The van der Waals surface area contributed by atoms with Gasteiger partial charge in [0.2, 0.25) is 0 Å². The molecular weight excluding hydrogens is 432 g/mol. The van der Waals surface area contributed by atoms with Gasteiger partial charge >= 0.3 is 0 Å². The second-order valence-corrected chi connectivity index (χ2v) is 9.63. The van der Waals surface area contributed by atoms with Gasteiger partial charge < -0.3 is 9.47 Å². The van der Waals surface area contributed by atoms with Gasteiger partial charge in [-0.1, -0.05) is 35.4 Å². The normalized spacial score (nSPS) is 13.3. The van der Waals surface area contributed by atoms with Crippen molar-refractivity contribution in [3.8, 4) is 0 Å². The third-order valence-corrected chi connectivity index (χ3v) is 6.58. The molecule has 0 aromatic heterocycles. The van der Waals surface area contributed by atoms with Crippen LogP contribution in [0.2, 0.25) is 0 Å². The SMILES string of the molecule is CCOC(COS(=O)(=O)c1ccc(C)cc1)OCCOS(=O)(=O)c1ccc(C)cc1. The quantitative estimate of drug-likeness (QED) is 0.272. The molecule has 8 nitrogen and oxygen atoms in total. The second-order valence-electron chi connectivity index (χ2n) is 6.40. The molecule has 30 heavy (non-hydrogen) atoms. The van der Waals surface area contributed by atoms with Gasteiger partial charge in [0.1, 0.15) is 6.61 Å². The van der Waals surface area contributed by atoms with E-state index in [1.165, 1.54) is 24.3 Å². The second kappa shape index (κ2) is 11.0. The van der Waals surface area contributed by atoms with E-state index >= 15 is 0 Å². The fourth-order valence-electron chi connectivity index (χ4n) is 2.34. The Kier molecular flexibility index (Phi) is 8.95. The fraction of sp³-hybridized carbons (Fsp3) is 0.400. The molecule has 0 heterocycles. The summed E-state index contributed by atoms with van der Waals surface area (Å²) in [6.45, 7) is 4.88. The minimum atomic E-state index is -3.97. The summed E-state index contributed by atoms with van der Waals surface area (Å²) in [5.41, 5.74) is 1.85. The smallest absolute Gasteiger partial charge is 0.297 e. The van der Waals surface area contributed by atoms with Crippen LogP contribution in [0.25, 0.3) is 0 Å². The Labute approximate surface area is 178 Å². The molecule has 1 unspecified atom stereocenters. The molecule has 0 bridgehead atoms. The van der Waals surface area contributed by atoms with Crippen LogP contribution in [-0.4, -0.2) is 49.6 Å². The molecule has 0 saturated heterocycles. The number of aryl methyl sites for hydroxylation is 2. The van der Waals surface area contributed by atoms with Gasteiger partial charge in [0, 0.05) is 6.61 Å². The zero-order valence-electron chi connectivity index (χ0n) is 17.1. The molecule has 0 aliphatic rings. The molecule has 0 amide bonds. The van der Waals surface area contributed by atoms with E-state index < -0.39 is 26.5 Å². The Morgan fingerprint density at radius 3 is 1.63 bits per heavy atom. The third-order valence-electron chi connectivity index (χ3n) is 3.96. The lowest BCUT2D eigenvalue weighted by Gasteiger charge is -2.17.